The number of pyridine rings is 1. The molecule has 0 saturated heterocycles. The number of hydrogen-bond donors (Lipinski definition) is 2. The average molecular weight is 246 g/mol. The third kappa shape index (κ3) is 4.14. The van der Waals surface area contributed by atoms with Gasteiger partial charge in [0.25, 0.3) is 0 Å². The maximum Gasteiger partial charge on any atom is 0.320 e. The van der Waals surface area contributed by atoms with E-state index in [9.17, 15) is 4.79 Å². The van der Waals surface area contributed by atoms with Gasteiger partial charge in [-0.05, 0) is 22.8 Å². The van der Waals surface area contributed by atoms with Gasteiger partial charge in [-0.2, -0.15) is 0 Å². The van der Waals surface area contributed by atoms with Crippen LogP contribution in [-0.2, 0) is 4.79 Å². The molecular weight excluding hydrogens is 228 g/mol. The van der Waals surface area contributed by atoms with Crippen LogP contribution in [0.25, 0.3) is 10.8 Å². The highest BCUT2D eigenvalue weighted by molar-refractivity contribution is 5.80. The lowest BCUT2D eigenvalue weighted by molar-refractivity contribution is -0.139. The molecule has 2 rings (SSSR count). The van der Waals surface area contributed by atoms with E-state index in [2.05, 4.69) is 17.1 Å². The standard InChI is InChI=1S/C9H7N.C5H11NO2/c1-2-4-9-7-10-6-5-8(9)3-1;1-3(2)4(6)5(7)8/h1-7H;3-4H,6H2,1-2H3,(H,7,8)/t;4-/m.0/s1. The fraction of sp³-hybridized carbons (Fsp3) is 0.286. The van der Waals surface area contributed by atoms with Gasteiger partial charge in [0, 0.05) is 12.4 Å². The molecule has 3 N–H and O–H groups in total. The predicted molar refractivity (Wildman–Crippen MR) is 72.2 cm³/mol. The molecule has 1 heterocycles. The summed E-state index contributed by atoms with van der Waals surface area (Å²) < 4.78 is 0. The molecule has 1 aromatic carbocycles. The lowest BCUT2D eigenvalue weighted by Gasteiger charge is -2.07. The molecule has 18 heavy (non-hydrogen) atoms. The molecule has 0 spiro atoms. The molecule has 4 heteroatoms. The monoisotopic (exact) mass is 246 g/mol. The Kier molecular flexibility index (Phi) is 5.27. The summed E-state index contributed by atoms with van der Waals surface area (Å²) in [6.07, 6.45) is 3.68. The van der Waals surface area contributed by atoms with Gasteiger partial charge in [0.2, 0.25) is 0 Å². The Balaban J connectivity index is 0.000000187. The normalized spacial score (nSPS) is 11.8. The Morgan fingerprint density at radius 2 is 1.83 bits per heavy atom. The van der Waals surface area contributed by atoms with E-state index >= 15 is 0 Å². The number of carboxylic acid groups (broad SMARTS) is 1. The van der Waals surface area contributed by atoms with E-state index in [1.807, 2.05) is 30.6 Å². The van der Waals surface area contributed by atoms with E-state index in [4.69, 9.17) is 10.8 Å². The Morgan fingerprint density at radius 1 is 1.22 bits per heavy atom. The Hall–Kier alpha value is -1.94. The molecule has 96 valence electrons. The van der Waals surface area contributed by atoms with Crippen LogP contribution in [0.2, 0.25) is 0 Å². The second-order valence-electron chi connectivity index (χ2n) is 4.33. The summed E-state index contributed by atoms with van der Waals surface area (Å²) in [6, 6.07) is 9.48. The maximum absolute atomic E-state index is 10.0. The van der Waals surface area contributed by atoms with Crippen LogP contribution < -0.4 is 5.73 Å². The molecule has 0 fully saturated rings. The van der Waals surface area contributed by atoms with Gasteiger partial charge in [0.15, 0.2) is 0 Å². The van der Waals surface area contributed by atoms with Gasteiger partial charge < -0.3 is 10.8 Å². The average Bonchev–Trinajstić information content (AvgIpc) is 2.38. The van der Waals surface area contributed by atoms with Crippen molar-refractivity contribution < 1.29 is 9.90 Å². The van der Waals surface area contributed by atoms with Crippen molar-refractivity contribution in [2.45, 2.75) is 19.9 Å². The van der Waals surface area contributed by atoms with Gasteiger partial charge in [-0.3, -0.25) is 9.78 Å². The fourth-order valence-electron chi connectivity index (χ4n) is 1.31. The van der Waals surface area contributed by atoms with Crippen LogP contribution in [-0.4, -0.2) is 22.1 Å². The highest BCUT2D eigenvalue weighted by Crippen LogP contribution is 2.09. The van der Waals surface area contributed by atoms with Gasteiger partial charge in [0.05, 0.1) is 0 Å². The lowest BCUT2D eigenvalue weighted by atomic mass is 10.1. The number of hydrogen-bond acceptors (Lipinski definition) is 3. The van der Waals surface area contributed by atoms with E-state index in [1.54, 1.807) is 13.8 Å². The van der Waals surface area contributed by atoms with Crippen LogP contribution in [0.1, 0.15) is 13.8 Å². The number of aliphatic carboxylic acids is 1. The second kappa shape index (κ2) is 6.71. The number of rotatable bonds is 2. The summed E-state index contributed by atoms with van der Waals surface area (Å²) >= 11 is 0. The number of carbonyl (C=O) groups is 1. The summed E-state index contributed by atoms with van der Waals surface area (Å²) in [6.45, 7) is 3.55. The third-order valence-electron chi connectivity index (χ3n) is 2.55. The van der Waals surface area contributed by atoms with Crippen molar-refractivity contribution in [2.75, 3.05) is 0 Å². The van der Waals surface area contributed by atoms with Crippen LogP contribution in [0.3, 0.4) is 0 Å². The number of nitrogens with two attached hydrogens (primary N) is 1. The first-order valence-corrected chi connectivity index (χ1v) is 5.79. The smallest absolute Gasteiger partial charge is 0.320 e. The SMILES string of the molecule is CC(C)[C@H](N)C(=O)O.c1ccc2cnccc2c1. The molecule has 0 amide bonds. The number of benzene rings is 1. The topological polar surface area (TPSA) is 76.2 Å². The van der Waals surface area contributed by atoms with Crippen LogP contribution >= 0.6 is 0 Å². The third-order valence-corrected chi connectivity index (χ3v) is 2.55. The molecule has 4 nitrogen and oxygen atoms in total. The quantitative estimate of drug-likeness (QED) is 0.852. The van der Waals surface area contributed by atoms with Gasteiger partial charge in [0.1, 0.15) is 6.04 Å². The highest BCUT2D eigenvalue weighted by atomic mass is 16.4. The molecule has 0 radical (unpaired) electrons. The minimum atomic E-state index is -0.931. The molecular formula is C14H18N2O2. The van der Waals surface area contributed by atoms with Crippen molar-refractivity contribution in [2.24, 2.45) is 11.7 Å². The van der Waals surface area contributed by atoms with Crippen molar-refractivity contribution in [3.63, 3.8) is 0 Å². The molecule has 0 aliphatic rings. The number of carboxylic acids is 1. The summed E-state index contributed by atoms with van der Waals surface area (Å²) in [5.74, 6) is -0.910. The Morgan fingerprint density at radius 3 is 2.28 bits per heavy atom. The zero-order chi connectivity index (χ0) is 13.5. The van der Waals surface area contributed by atoms with E-state index in [0.29, 0.717) is 0 Å². The largest absolute Gasteiger partial charge is 0.480 e. The fourth-order valence-corrected chi connectivity index (χ4v) is 1.31. The zero-order valence-corrected chi connectivity index (χ0v) is 10.6. The first-order chi connectivity index (χ1) is 8.52. The molecule has 0 aliphatic heterocycles. The van der Waals surface area contributed by atoms with Crippen LogP contribution in [0.5, 0.6) is 0 Å². The zero-order valence-electron chi connectivity index (χ0n) is 10.6. The van der Waals surface area contributed by atoms with E-state index in [1.165, 1.54) is 10.8 Å². The van der Waals surface area contributed by atoms with Crippen molar-refractivity contribution >= 4 is 16.7 Å². The van der Waals surface area contributed by atoms with Gasteiger partial charge in [-0.25, -0.2) is 0 Å². The molecule has 1 aromatic heterocycles. The van der Waals surface area contributed by atoms with Crippen LogP contribution in [0.15, 0.2) is 42.7 Å². The van der Waals surface area contributed by atoms with Crippen LogP contribution in [0, 0.1) is 5.92 Å². The van der Waals surface area contributed by atoms with Gasteiger partial charge in [-0.15, -0.1) is 0 Å². The second-order valence-corrected chi connectivity index (χ2v) is 4.33. The number of aromatic nitrogens is 1. The molecule has 0 unspecified atom stereocenters. The summed E-state index contributed by atoms with van der Waals surface area (Å²) in [5.41, 5.74) is 5.16. The van der Waals surface area contributed by atoms with E-state index in [0.717, 1.165) is 0 Å². The molecule has 2 aromatic rings. The minimum absolute atomic E-state index is 0.0208. The first-order valence-electron chi connectivity index (χ1n) is 5.79. The Labute approximate surface area is 106 Å². The maximum atomic E-state index is 10.0. The van der Waals surface area contributed by atoms with Crippen LogP contribution in [0.4, 0.5) is 0 Å². The molecule has 0 saturated carbocycles. The number of nitrogens with zero attached hydrogens (tertiary/aromatic N) is 1. The molecule has 0 bridgehead atoms. The summed E-state index contributed by atoms with van der Waals surface area (Å²) in [4.78, 5) is 14.0. The van der Waals surface area contributed by atoms with Crippen molar-refractivity contribution in [1.82, 2.24) is 4.98 Å². The van der Waals surface area contributed by atoms with Crippen molar-refractivity contribution in [3.8, 4) is 0 Å². The molecule has 1 atom stereocenters. The first kappa shape index (κ1) is 14.1. The predicted octanol–water partition coefficient (Wildman–Crippen LogP) is 2.29. The minimum Gasteiger partial charge on any atom is -0.480 e. The van der Waals surface area contributed by atoms with Crippen molar-refractivity contribution in [1.29, 1.82) is 0 Å². The lowest BCUT2D eigenvalue weighted by Crippen LogP contribution is -2.34. The number of fused-ring (bicyclic) bond motifs is 1. The molecule has 0 aliphatic carbocycles. The van der Waals surface area contributed by atoms with E-state index in [-0.39, 0.29) is 5.92 Å². The summed E-state index contributed by atoms with van der Waals surface area (Å²) in [5, 5.41) is 10.7. The summed E-state index contributed by atoms with van der Waals surface area (Å²) in [7, 11) is 0. The Bertz CT molecular complexity index is 446. The van der Waals surface area contributed by atoms with Crippen molar-refractivity contribution in [3.05, 3.63) is 42.7 Å². The van der Waals surface area contributed by atoms with Gasteiger partial charge >= 0.3 is 5.97 Å². The highest BCUT2D eigenvalue weighted by Gasteiger charge is 2.14. The van der Waals surface area contributed by atoms with Gasteiger partial charge in [-0.1, -0.05) is 38.1 Å². The van der Waals surface area contributed by atoms with E-state index < -0.39 is 12.0 Å².